The van der Waals surface area contributed by atoms with E-state index in [4.69, 9.17) is 0 Å². The molecule has 1 amide bonds. The quantitative estimate of drug-likeness (QED) is 0.721. The standard InChI is InChI=1S/C19H21N7O/c1-13-11-21-18(12-20-13)24-15-6-4-7-16(15)25-19(27)14-5-2-3-8-17(14)26-22-9-10-23-26/h2-3,5,8-12,15-16H,4,6-7H2,1H3,(H,21,24)(H,25,27)/t15-,16+/m0/s1. The smallest absolute Gasteiger partial charge is 0.253 e. The first-order valence-corrected chi connectivity index (χ1v) is 9.02. The van der Waals surface area contributed by atoms with Crippen molar-refractivity contribution < 1.29 is 4.79 Å². The highest BCUT2D eigenvalue weighted by molar-refractivity contribution is 5.97. The third-order valence-electron chi connectivity index (χ3n) is 4.73. The van der Waals surface area contributed by atoms with Crippen LogP contribution in [-0.2, 0) is 0 Å². The molecule has 2 atom stereocenters. The first kappa shape index (κ1) is 17.1. The van der Waals surface area contributed by atoms with E-state index in [1.807, 2.05) is 25.1 Å². The minimum Gasteiger partial charge on any atom is -0.364 e. The van der Waals surface area contributed by atoms with Crippen molar-refractivity contribution in [2.75, 3.05) is 5.32 Å². The van der Waals surface area contributed by atoms with E-state index in [1.165, 1.54) is 4.80 Å². The van der Waals surface area contributed by atoms with Crippen molar-refractivity contribution in [1.82, 2.24) is 30.3 Å². The van der Waals surface area contributed by atoms with Gasteiger partial charge in [0, 0.05) is 12.1 Å². The fraction of sp³-hybridized carbons (Fsp3) is 0.316. The van der Waals surface area contributed by atoms with Crippen LogP contribution in [-0.4, -0.2) is 43.0 Å². The molecular weight excluding hydrogens is 342 g/mol. The van der Waals surface area contributed by atoms with Gasteiger partial charge in [0.15, 0.2) is 0 Å². The molecule has 1 aromatic carbocycles. The number of amides is 1. The van der Waals surface area contributed by atoms with Crippen LogP contribution in [0, 0.1) is 6.92 Å². The Kier molecular flexibility index (Phi) is 4.78. The van der Waals surface area contributed by atoms with Crippen molar-refractivity contribution in [1.29, 1.82) is 0 Å². The minimum absolute atomic E-state index is 0.0271. The highest BCUT2D eigenvalue weighted by atomic mass is 16.1. The average molecular weight is 363 g/mol. The lowest BCUT2D eigenvalue weighted by molar-refractivity contribution is 0.0935. The molecule has 27 heavy (non-hydrogen) atoms. The number of benzene rings is 1. The second kappa shape index (κ2) is 7.53. The second-order valence-electron chi connectivity index (χ2n) is 6.64. The van der Waals surface area contributed by atoms with E-state index in [-0.39, 0.29) is 18.0 Å². The van der Waals surface area contributed by atoms with Gasteiger partial charge in [0.1, 0.15) is 5.82 Å². The van der Waals surface area contributed by atoms with Crippen molar-refractivity contribution >= 4 is 11.7 Å². The van der Waals surface area contributed by atoms with Gasteiger partial charge in [-0.25, -0.2) is 4.98 Å². The number of anilines is 1. The zero-order chi connectivity index (χ0) is 18.6. The lowest BCUT2D eigenvalue weighted by atomic mass is 10.1. The predicted octanol–water partition coefficient (Wildman–Crippen LogP) is 2.13. The molecule has 138 valence electrons. The first-order valence-electron chi connectivity index (χ1n) is 9.02. The summed E-state index contributed by atoms with van der Waals surface area (Å²) in [6, 6.07) is 7.48. The van der Waals surface area contributed by atoms with Crippen LogP contribution >= 0.6 is 0 Å². The molecule has 1 saturated carbocycles. The van der Waals surface area contributed by atoms with Crippen molar-refractivity contribution in [3.8, 4) is 5.69 Å². The van der Waals surface area contributed by atoms with Gasteiger partial charge in [-0.2, -0.15) is 15.0 Å². The van der Waals surface area contributed by atoms with Crippen LogP contribution in [0.15, 0.2) is 49.1 Å². The Balaban J connectivity index is 1.48. The molecule has 0 saturated heterocycles. The second-order valence-corrected chi connectivity index (χ2v) is 6.64. The average Bonchev–Trinajstić information content (AvgIpc) is 3.36. The Morgan fingerprint density at radius 3 is 2.63 bits per heavy atom. The molecule has 1 aliphatic carbocycles. The van der Waals surface area contributed by atoms with Crippen molar-refractivity contribution in [2.45, 2.75) is 38.3 Å². The summed E-state index contributed by atoms with van der Waals surface area (Å²) in [4.78, 5) is 23.0. The summed E-state index contributed by atoms with van der Waals surface area (Å²) >= 11 is 0. The highest BCUT2D eigenvalue weighted by Gasteiger charge is 2.29. The molecule has 8 nitrogen and oxygen atoms in total. The maximum absolute atomic E-state index is 12.9. The van der Waals surface area contributed by atoms with E-state index in [0.717, 1.165) is 30.8 Å². The molecule has 2 N–H and O–H groups in total. The molecule has 0 aliphatic heterocycles. The lowest BCUT2D eigenvalue weighted by Crippen LogP contribution is -2.43. The molecule has 0 unspecified atom stereocenters. The Labute approximate surface area is 157 Å². The highest BCUT2D eigenvalue weighted by Crippen LogP contribution is 2.23. The number of hydrogen-bond donors (Lipinski definition) is 2. The van der Waals surface area contributed by atoms with Crippen LogP contribution in [0.1, 0.15) is 35.3 Å². The number of carbonyl (C=O) groups is 1. The van der Waals surface area contributed by atoms with E-state index in [0.29, 0.717) is 11.3 Å². The van der Waals surface area contributed by atoms with Gasteiger partial charge in [-0.1, -0.05) is 12.1 Å². The summed E-state index contributed by atoms with van der Waals surface area (Å²) in [7, 11) is 0. The molecule has 8 heteroatoms. The first-order chi connectivity index (χ1) is 13.2. The summed E-state index contributed by atoms with van der Waals surface area (Å²) in [5, 5.41) is 14.8. The fourth-order valence-electron chi connectivity index (χ4n) is 3.39. The topological polar surface area (TPSA) is 97.6 Å². The van der Waals surface area contributed by atoms with Gasteiger partial charge in [0.25, 0.3) is 5.91 Å². The van der Waals surface area contributed by atoms with E-state index < -0.39 is 0 Å². The molecule has 1 aliphatic rings. The third-order valence-corrected chi connectivity index (χ3v) is 4.73. The molecular formula is C19H21N7O. The van der Waals surface area contributed by atoms with Gasteiger partial charge in [-0.3, -0.25) is 9.78 Å². The lowest BCUT2D eigenvalue weighted by Gasteiger charge is -2.23. The van der Waals surface area contributed by atoms with Crippen LogP contribution in [0.2, 0.25) is 0 Å². The molecule has 2 aromatic heterocycles. The van der Waals surface area contributed by atoms with Crippen molar-refractivity contribution in [3.05, 3.63) is 60.3 Å². The van der Waals surface area contributed by atoms with Crippen LogP contribution in [0.3, 0.4) is 0 Å². The van der Waals surface area contributed by atoms with Gasteiger partial charge in [0.05, 0.1) is 41.7 Å². The molecule has 0 radical (unpaired) electrons. The Hall–Kier alpha value is -3.29. The van der Waals surface area contributed by atoms with Crippen LogP contribution in [0.25, 0.3) is 5.69 Å². The summed E-state index contributed by atoms with van der Waals surface area (Å²) in [5.41, 5.74) is 2.09. The largest absolute Gasteiger partial charge is 0.364 e. The number of para-hydroxylation sites is 1. The molecule has 1 fully saturated rings. The minimum atomic E-state index is -0.128. The molecule has 4 rings (SSSR count). The number of nitrogens with zero attached hydrogens (tertiary/aromatic N) is 5. The number of rotatable bonds is 5. The maximum atomic E-state index is 12.9. The molecule has 0 bridgehead atoms. The van der Waals surface area contributed by atoms with Gasteiger partial charge in [-0.05, 0) is 38.3 Å². The zero-order valence-electron chi connectivity index (χ0n) is 15.0. The normalized spacial score (nSPS) is 19.0. The van der Waals surface area contributed by atoms with Crippen molar-refractivity contribution in [3.63, 3.8) is 0 Å². The van der Waals surface area contributed by atoms with Crippen LogP contribution in [0.5, 0.6) is 0 Å². The predicted molar refractivity (Wildman–Crippen MR) is 101 cm³/mol. The SMILES string of the molecule is Cc1cnc(N[C@H]2CCC[C@H]2NC(=O)c2ccccc2-n2nccn2)cn1. The van der Waals surface area contributed by atoms with E-state index in [9.17, 15) is 4.79 Å². The molecule has 3 aromatic rings. The number of hydrogen-bond acceptors (Lipinski definition) is 6. The summed E-state index contributed by atoms with van der Waals surface area (Å²) in [6.45, 7) is 1.90. The fourth-order valence-corrected chi connectivity index (χ4v) is 3.39. The molecule has 0 spiro atoms. The van der Waals surface area contributed by atoms with Crippen LogP contribution < -0.4 is 10.6 Å². The number of carbonyl (C=O) groups excluding carboxylic acids is 1. The van der Waals surface area contributed by atoms with Gasteiger partial charge >= 0.3 is 0 Å². The van der Waals surface area contributed by atoms with E-state index in [2.05, 4.69) is 30.8 Å². The number of aryl methyl sites for hydroxylation is 1. The van der Waals surface area contributed by atoms with E-state index >= 15 is 0 Å². The van der Waals surface area contributed by atoms with Crippen LogP contribution in [0.4, 0.5) is 5.82 Å². The van der Waals surface area contributed by atoms with Gasteiger partial charge in [-0.15, -0.1) is 0 Å². The van der Waals surface area contributed by atoms with Gasteiger partial charge < -0.3 is 10.6 Å². The van der Waals surface area contributed by atoms with Gasteiger partial charge in [0.2, 0.25) is 0 Å². The Bertz CT molecular complexity index is 908. The summed E-state index contributed by atoms with van der Waals surface area (Å²) in [6.07, 6.45) is 9.59. The third kappa shape index (κ3) is 3.79. The number of nitrogens with one attached hydrogen (secondary N) is 2. The zero-order valence-corrected chi connectivity index (χ0v) is 15.0. The summed E-state index contributed by atoms with van der Waals surface area (Å²) in [5.74, 6) is 0.601. The van der Waals surface area contributed by atoms with E-state index in [1.54, 1.807) is 30.9 Å². The Morgan fingerprint density at radius 2 is 1.85 bits per heavy atom. The summed E-state index contributed by atoms with van der Waals surface area (Å²) < 4.78 is 0. The number of aromatic nitrogens is 5. The Morgan fingerprint density at radius 1 is 1.07 bits per heavy atom. The maximum Gasteiger partial charge on any atom is 0.253 e. The monoisotopic (exact) mass is 363 g/mol. The molecule has 2 heterocycles. The van der Waals surface area contributed by atoms with Crippen molar-refractivity contribution in [2.24, 2.45) is 0 Å².